The van der Waals surface area contributed by atoms with Gasteiger partial charge in [0, 0.05) is 60.3 Å². The first kappa shape index (κ1) is 34.0. The van der Waals surface area contributed by atoms with Gasteiger partial charge in [0.25, 0.3) is 0 Å². The third kappa shape index (κ3) is 8.41. The molecule has 48 heavy (non-hydrogen) atoms. The molecule has 0 spiro atoms. The maximum Gasteiger partial charge on any atom is 0.249 e. The number of halogens is 1. The quantitative estimate of drug-likeness (QED) is 0.185. The molecular weight excluding hydrogens is 622 g/mol. The van der Waals surface area contributed by atoms with Crippen LogP contribution in [0.5, 0.6) is 5.75 Å². The SMILES string of the molecule is COc1ccc(CN2CCC(CCC(=O)N[C@H](Cc3c[nH]c4ccccc34)C(=O)N3C[C@@H](CN(C)C)Cc4cc(Cl)ccc43)CC2)cc1. The second-order valence-corrected chi connectivity index (χ2v) is 14.3. The van der Waals surface area contributed by atoms with Crippen LogP contribution in [0.15, 0.2) is 72.9 Å². The number of hydrogen-bond acceptors (Lipinski definition) is 5. The van der Waals surface area contributed by atoms with Crippen LogP contribution in [-0.4, -0.2) is 80.0 Å². The predicted octanol–water partition coefficient (Wildman–Crippen LogP) is 6.32. The van der Waals surface area contributed by atoms with Gasteiger partial charge in [-0.15, -0.1) is 0 Å². The van der Waals surface area contributed by atoms with Gasteiger partial charge < -0.3 is 24.8 Å². The Hall–Kier alpha value is -3.85. The summed E-state index contributed by atoms with van der Waals surface area (Å²) >= 11 is 6.41. The highest BCUT2D eigenvalue weighted by molar-refractivity contribution is 6.30. The minimum Gasteiger partial charge on any atom is -0.497 e. The molecular formula is C39H48ClN5O3. The number of aromatic amines is 1. The number of likely N-dealkylation sites (tertiary alicyclic amines) is 1. The second-order valence-electron chi connectivity index (χ2n) is 13.8. The molecule has 0 unspecified atom stereocenters. The molecule has 2 amide bonds. The number of methoxy groups -OCH3 is 1. The number of carbonyl (C=O) groups is 2. The van der Waals surface area contributed by atoms with Crippen molar-refractivity contribution in [1.29, 1.82) is 0 Å². The number of carbonyl (C=O) groups excluding carboxylic acids is 2. The van der Waals surface area contributed by atoms with E-state index in [9.17, 15) is 9.59 Å². The van der Waals surface area contributed by atoms with E-state index in [1.54, 1.807) is 7.11 Å². The molecule has 6 rings (SSSR count). The lowest BCUT2D eigenvalue weighted by Crippen LogP contribution is -2.53. The molecule has 0 bridgehead atoms. The van der Waals surface area contributed by atoms with Crippen LogP contribution in [0.2, 0.25) is 5.02 Å². The Morgan fingerprint density at radius 1 is 1.04 bits per heavy atom. The Labute approximate surface area is 289 Å². The summed E-state index contributed by atoms with van der Waals surface area (Å²) in [5.41, 5.74) is 5.29. The highest BCUT2D eigenvalue weighted by atomic mass is 35.5. The fourth-order valence-electron chi connectivity index (χ4n) is 7.49. The molecule has 2 atom stereocenters. The van der Waals surface area contributed by atoms with E-state index in [-0.39, 0.29) is 17.7 Å². The highest BCUT2D eigenvalue weighted by Crippen LogP contribution is 2.33. The molecule has 1 saturated heterocycles. The maximum atomic E-state index is 14.5. The molecule has 9 heteroatoms. The van der Waals surface area contributed by atoms with Crippen molar-refractivity contribution in [2.75, 3.05) is 52.3 Å². The number of para-hydroxylation sites is 1. The van der Waals surface area contributed by atoms with E-state index in [1.807, 2.05) is 59.6 Å². The first-order valence-corrected chi connectivity index (χ1v) is 17.6. The topological polar surface area (TPSA) is 80.9 Å². The summed E-state index contributed by atoms with van der Waals surface area (Å²) in [6.45, 7) is 4.42. The van der Waals surface area contributed by atoms with Crippen molar-refractivity contribution in [3.05, 3.63) is 94.6 Å². The summed E-state index contributed by atoms with van der Waals surface area (Å²) in [4.78, 5) is 38.0. The van der Waals surface area contributed by atoms with Gasteiger partial charge in [-0.2, -0.15) is 0 Å². The van der Waals surface area contributed by atoms with Crippen molar-refractivity contribution in [2.45, 2.75) is 51.1 Å². The minimum absolute atomic E-state index is 0.0629. The number of ether oxygens (including phenoxy) is 1. The lowest BCUT2D eigenvalue weighted by molar-refractivity contribution is -0.128. The third-order valence-electron chi connectivity index (χ3n) is 9.96. The molecule has 2 aliphatic heterocycles. The first-order valence-electron chi connectivity index (χ1n) is 17.2. The van der Waals surface area contributed by atoms with Crippen molar-refractivity contribution in [1.82, 2.24) is 20.1 Å². The number of anilines is 1. The Morgan fingerprint density at radius 2 is 1.81 bits per heavy atom. The number of fused-ring (bicyclic) bond motifs is 2. The van der Waals surface area contributed by atoms with Crippen LogP contribution in [0.3, 0.4) is 0 Å². The van der Waals surface area contributed by atoms with E-state index in [1.165, 1.54) is 5.56 Å². The van der Waals surface area contributed by atoms with Crippen LogP contribution in [-0.2, 0) is 29.0 Å². The monoisotopic (exact) mass is 669 g/mol. The summed E-state index contributed by atoms with van der Waals surface area (Å²) in [5, 5.41) is 4.94. The van der Waals surface area contributed by atoms with Gasteiger partial charge in [-0.3, -0.25) is 14.5 Å². The third-order valence-corrected chi connectivity index (χ3v) is 10.2. The molecule has 0 radical (unpaired) electrons. The summed E-state index contributed by atoms with van der Waals surface area (Å²) in [6, 6.07) is 21.5. The number of nitrogens with zero attached hydrogens (tertiary/aromatic N) is 3. The second kappa shape index (κ2) is 15.6. The van der Waals surface area contributed by atoms with Crippen LogP contribution in [0.1, 0.15) is 42.4 Å². The lowest BCUT2D eigenvalue weighted by atomic mass is 9.90. The van der Waals surface area contributed by atoms with Crippen LogP contribution < -0.4 is 15.0 Å². The average Bonchev–Trinajstić information content (AvgIpc) is 3.49. The average molecular weight is 670 g/mol. The van der Waals surface area contributed by atoms with Crippen molar-refractivity contribution >= 4 is 40.0 Å². The van der Waals surface area contributed by atoms with Crippen molar-refractivity contribution in [3.8, 4) is 5.75 Å². The number of benzene rings is 3. The van der Waals surface area contributed by atoms with E-state index in [0.717, 1.165) is 85.3 Å². The lowest BCUT2D eigenvalue weighted by Gasteiger charge is -2.37. The van der Waals surface area contributed by atoms with Crippen molar-refractivity contribution in [3.63, 3.8) is 0 Å². The molecule has 8 nitrogen and oxygen atoms in total. The molecule has 254 valence electrons. The van der Waals surface area contributed by atoms with Gasteiger partial charge >= 0.3 is 0 Å². The standard InChI is InChI=1S/C39H48ClN5O3/c1-43(2)24-29-20-30-21-32(40)11-14-37(30)45(26-29)39(47)36(22-31-23-41-35-7-5-4-6-34(31)35)42-38(46)15-10-27-16-18-44(19-17-27)25-28-8-12-33(48-3)13-9-28/h4-9,11-14,21,23,27,29,36,41H,10,15-20,22,24-26H2,1-3H3,(H,42,46)/t29-,36-/m1/s1. The molecule has 4 aromatic rings. The number of piperidine rings is 1. The van der Waals surface area contributed by atoms with Crippen LogP contribution in [0.4, 0.5) is 5.69 Å². The van der Waals surface area contributed by atoms with E-state index in [2.05, 4.69) is 52.4 Å². The van der Waals surface area contributed by atoms with Gasteiger partial charge in [0.05, 0.1) is 7.11 Å². The normalized spacial score (nSPS) is 17.8. The van der Waals surface area contributed by atoms with Crippen molar-refractivity contribution in [2.24, 2.45) is 11.8 Å². The van der Waals surface area contributed by atoms with E-state index >= 15 is 0 Å². The zero-order chi connectivity index (χ0) is 33.6. The molecule has 0 aliphatic carbocycles. The number of rotatable bonds is 12. The van der Waals surface area contributed by atoms with Crippen LogP contribution in [0.25, 0.3) is 10.9 Å². The van der Waals surface area contributed by atoms with Gasteiger partial charge in [-0.1, -0.05) is 41.9 Å². The first-order chi connectivity index (χ1) is 23.2. The summed E-state index contributed by atoms with van der Waals surface area (Å²) in [5.74, 6) is 1.49. The van der Waals surface area contributed by atoms with Crippen molar-refractivity contribution < 1.29 is 14.3 Å². The summed E-state index contributed by atoms with van der Waals surface area (Å²) in [7, 11) is 5.81. The zero-order valence-electron chi connectivity index (χ0n) is 28.4. The number of H-pyrrole nitrogens is 1. The molecule has 2 aliphatic rings. The fraction of sp³-hybridized carbons (Fsp3) is 0.436. The Kier molecular flexibility index (Phi) is 11.0. The Balaban J connectivity index is 1.12. The van der Waals surface area contributed by atoms with Crippen LogP contribution in [0, 0.1) is 11.8 Å². The van der Waals surface area contributed by atoms with Gasteiger partial charge in [0.2, 0.25) is 11.8 Å². The Morgan fingerprint density at radius 3 is 2.56 bits per heavy atom. The van der Waals surface area contributed by atoms with E-state index < -0.39 is 6.04 Å². The number of nitrogens with one attached hydrogen (secondary N) is 2. The smallest absolute Gasteiger partial charge is 0.249 e. The predicted molar refractivity (Wildman–Crippen MR) is 194 cm³/mol. The molecule has 0 saturated carbocycles. The van der Waals surface area contributed by atoms with Gasteiger partial charge in [0.15, 0.2) is 0 Å². The summed E-state index contributed by atoms with van der Waals surface area (Å²) in [6.07, 6.45) is 6.62. The highest BCUT2D eigenvalue weighted by Gasteiger charge is 2.34. The van der Waals surface area contributed by atoms with E-state index in [0.29, 0.717) is 30.3 Å². The molecule has 2 N–H and O–H groups in total. The Bertz CT molecular complexity index is 1700. The number of aromatic nitrogens is 1. The molecule has 1 fully saturated rings. The van der Waals surface area contributed by atoms with E-state index in [4.69, 9.17) is 16.3 Å². The molecule has 3 aromatic carbocycles. The summed E-state index contributed by atoms with van der Waals surface area (Å²) < 4.78 is 5.29. The fourth-order valence-corrected chi connectivity index (χ4v) is 7.69. The van der Waals surface area contributed by atoms with Gasteiger partial charge in [0.1, 0.15) is 11.8 Å². The number of hydrogen-bond donors (Lipinski definition) is 2. The zero-order valence-corrected chi connectivity index (χ0v) is 29.1. The largest absolute Gasteiger partial charge is 0.497 e. The van der Waals surface area contributed by atoms with Crippen LogP contribution >= 0.6 is 11.6 Å². The minimum atomic E-state index is -0.690. The van der Waals surface area contributed by atoms with Gasteiger partial charge in [-0.05, 0) is 118 Å². The number of amides is 2. The maximum absolute atomic E-state index is 14.5. The molecule has 1 aromatic heterocycles. The van der Waals surface area contributed by atoms with Gasteiger partial charge in [-0.25, -0.2) is 0 Å². The molecule has 3 heterocycles.